The summed E-state index contributed by atoms with van der Waals surface area (Å²) in [6.07, 6.45) is 15.0. The second-order valence-electron chi connectivity index (χ2n) is 15.9. The zero-order valence-electron chi connectivity index (χ0n) is 39.3. The van der Waals surface area contributed by atoms with Crippen LogP contribution >= 0.6 is 0 Å². The van der Waals surface area contributed by atoms with Crippen LogP contribution in [-0.2, 0) is 47.7 Å². The van der Waals surface area contributed by atoms with Gasteiger partial charge in [0.05, 0.1) is 39.6 Å². The van der Waals surface area contributed by atoms with Gasteiger partial charge in [-0.3, -0.25) is 43.7 Å². The van der Waals surface area contributed by atoms with Crippen LogP contribution in [0.4, 0.5) is 0 Å². The Labute approximate surface area is 368 Å². The van der Waals surface area contributed by atoms with E-state index in [1.165, 1.54) is 0 Å². The van der Waals surface area contributed by atoms with Crippen LogP contribution < -0.4 is 0 Å². The van der Waals surface area contributed by atoms with E-state index in [9.17, 15) is 24.0 Å². The maximum absolute atomic E-state index is 14.0. The first-order valence-electron chi connectivity index (χ1n) is 23.8. The average Bonchev–Trinajstić information content (AvgIpc) is 3.24. The Hall–Kier alpha value is -3.36. The molecular weight excluding hydrogens is 781 g/mol. The van der Waals surface area contributed by atoms with Crippen LogP contribution in [0.5, 0.6) is 0 Å². The molecule has 0 radical (unpaired) electrons. The predicted molar refractivity (Wildman–Crippen MR) is 241 cm³/mol. The van der Waals surface area contributed by atoms with Gasteiger partial charge < -0.3 is 23.7 Å². The van der Waals surface area contributed by atoms with Gasteiger partial charge in [0.2, 0.25) is 0 Å². The van der Waals surface area contributed by atoms with Crippen molar-refractivity contribution >= 4 is 35.6 Å². The predicted octanol–water partition coefficient (Wildman–Crippen LogP) is 7.50. The fourth-order valence-corrected chi connectivity index (χ4v) is 6.80. The molecule has 1 aliphatic rings. The molecule has 14 heteroatoms. The number of nitrogens with zero attached hydrogens (tertiary/aromatic N) is 4. The minimum Gasteiger partial charge on any atom is -0.466 e. The molecule has 0 saturated heterocycles. The third-order valence-corrected chi connectivity index (χ3v) is 10.7. The molecule has 61 heavy (non-hydrogen) atoms. The van der Waals surface area contributed by atoms with Crippen molar-refractivity contribution in [2.24, 2.45) is 4.99 Å². The van der Waals surface area contributed by atoms with Crippen molar-refractivity contribution in [2.75, 3.05) is 78.8 Å². The van der Waals surface area contributed by atoms with E-state index in [-0.39, 0.29) is 63.3 Å². The van der Waals surface area contributed by atoms with Crippen LogP contribution in [0.2, 0.25) is 0 Å². The summed E-state index contributed by atoms with van der Waals surface area (Å²) in [5.41, 5.74) is 0.741. The molecule has 0 bridgehead atoms. The summed E-state index contributed by atoms with van der Waals surface area (Å²) in [6.45, 7) is 18.3. The number of unbranched alkanes of at least 4 members (excludes halogenated alkanes) is 6. The molecule has 1 unspecified atom stereocenters. The summed E-state index contributed by atoms with van der Waals surface area (Å²) in [7, 11) is 0. The van der Waals surface area contributed by atoms with E-state index in [0.717, 1.165) is 82.8 Å². The smallest absolute Gasteiger partial charge is 0.323 e. The van der Waals surface area contributed by atoms with Gasteiger partial charge in [-0.05, 0) is 63.9 Å². The number of aliphatic imine (C=N–C) groups is 1. The number of hydrogen-bond acceptors (Lipinski definition) is 14. The van der Waals surface area contributed by atoms with Gasteiger partial charge in [-0.15, -0.1) is 0 Å². The van der Waals surface area contributed by atoms with Crippen molar-refractivity contribution in [2.45, 2.75) is 176 Å². The lowest BCUT2D eigenvalue weighted by Crippen LogP contribution is -2.53. The first-order valence-corrected chi connectivity index (χ1v) is 23.8. The van der Waals surface area contributed by atoms with Crippen molar-refractivity contribution < 1.29 is 47.7 Å². The Balaban J connectivity index is 3.80. The highest BCUT2D eigenvalue weighted by Crippen LogP contribution is 2.18. The lowest BCUT2D eigenvalue weighted by atomic mass is 10.1. The topological polar surface area (TPSA) is 154 Å². The van der Waals surface area contributed by atoms with Gasteiger partial charge >= 0.3 is 29.8 Å². The molecule has 0 N–H and O–H groups in total. The van der Waals surface area contributed by atoms with Gasteiger partial charge in [-0.1, -0.05) is 93.1 Å². The number of ether oxygens (including phenoxy) is 5. The third-order valence-electron chi connectivity index (χ3n) is 10.7. The van der Waals surface area contributed by atoms with Crippen LogP contribution in [-0.4, -0.2) is 147 Å². The number of esters is 5. The van der Waals surface area contributed by atoms with E-state index in [1.807, 2.05) is 57.4 Å². The molecule has 1 aliphatic heterocycles. The van der Waals surface area contributed by atoms with Crippen molar-refractivity contribution in [1.82, 2.24) is 14.7 Å². The van der Waals surface area contributed by atoms with E-state index < -0.39 is 30.1 Å². The number of carbonyl (C=O) groups is 5. The Morgan fingerprint density at radius 3 is 1.34 bits per heavy atom. The maximum atomic E-state index is 14.0. The van der Waals surface area contributed by atoms with Gasteiger partial charge in [0.25, 0.3) is 0 Å². The van der Waals surface area contributed by atoms with Gasteiger partial charge in [0.1, 0.15) is 18.1 Å². The summed E-state index contributed by atoms with van der Waals surface area (Å²) in [5.74, 6) is -1.82. The van der Waals surface area contributed by atoms with E-state index in [4.69, 9.17) is 28.7 Å². The molecule has 0 aliphatic carbocycles. The normalized spacial score (nSPS) is 16.4. The van der Waals surface area contributed by atoms with E-state index in [1.54, 1.807) is 0 Å². The first-order chi connectivity index (χ1) is 29.6. The first kappa shape index (κ1) is 55.7. The van der Waals surface area contributed by atoms with Crippen LogP contribution in [0.25, 0.3) is 0 Å². The SMILES string of the molecule is CCC/C=C\C1=NCCN([C@@H](CCC(=O)OCCCC)C(=O)OCCCC)CCN(C(CC)C(=O)OCCCC)CCN([C@@H](CCC(=O)OCCCC)C(=O)OCCCC)C1. The number of allylic oxidation sites excluding steroid dienone is 1. The number of rotatable bonds is 31. The van der Waals surface area contributed by atoms with E-state index in [0.29, 0.717) is 65.5 Å². The summed E-state index contributed by atoms with van der Waals surface area (Å²) in [6, 6.07) is -2.09. The molecule has 0 spiro atoms. The highest BCUT2D eigenvalue weighted by molar-refractivity contribution is 5.97. The van der Waals surface area contributed by atoms with Gasteiger partial charge in [0.15, 0.2) is 0 Å². The monoisotopic (exact) mass is 865 g/mol. The van der Waals surface area contributed by atoms with Crippen molar-refractivity contribution in [1.29, 1.82) is 0 Å². The Morgan fingerprint density at radius 1 is 0.525 bits per heavy atom. The third kappa shape index (κ3) is 24.8. The lowest BCUT2D eigenvalue weighted by molar-refractivity contribution is -0.154. The molecule has 352 valence electrons. The quantitative estimate of drug-likeness (QED) is 0.0385. The fourth-order valence-electron chi connectivity index (χ4n) is 6.80. The van der Waals surface area contributed by atoms with Gasteiger partial charge in [-0.25, -0.2) is 0 Å². The van der Waals surface area contributed by atoms with Crippen molar-refractivity contribution in [3.05, 3.63) is 12.2 Å². The lowest BCUT2D eigenvalue weighted by Gasteiger charge is -2.37. The van der Waals surface area contributed by atoms with Crippen LogP contribution in [0.1, 0.15) is 158 Å². The Bertz CT molecular complexity index is 1280. The highest BCUT2D eigenvalue weighted by atomic mass is 16.5. The molecule has 0 aromatic rings. The molecule has 1 heterocycles. The minimum atomic E-state index is -0.766. The molecule has 0 aromatic heterocycles. The highest BCUT2D eigenvalue weighted by Gasteiger charge is 2.34. The minimum absolute atomic E-state index is 0.0494. The zero-order valence-corrected chi connectivity index (χ0v) is 39.3. The number of carbonyl (C=O) groups excluding carboxylic acids is 5. The van der Waals surface area contributed by atoms with Crippen LogP contribution in [0, 0.1) is 0 Å². The van der Waals surface area contributed by atoms with E-state index in [2.05, 4.69) is 17.9 Å². The molecule has 1 rings (SSSR count). The van der Waals surface area contributed by atoms with Gasteiger partial charge in [0, 0.05) is 57.8 Å². The van der Waals surface area contributed by atoms with Gasteiger partial charge in [-0.2, -0.15) is 0 Å². The molecule has 14 nitrogen and oxygen atoms in total. The Morgan fingerprint density at radius 2 is 0.918 bits per heavy atom. The van der Waals surface area contributed by atoms with Crippen LogP contribution in [0.3, 0.4) is 0 Å². The summed E-state index contributed by atoms with van der Waals surface area (Å²) >= 11 is 0. The maximum Gasteiger partial charge on any atom is 0.323 e. The average molecular weight is 865 g/mol. The standard InChI is InChI=1S/C47H84N4O10/c1-8-15-21-22-39-38-51(42(47(56)61-37-20-13-6)24-26-44(53)58-34-17-10-3)32-31-50(40(14-7)45(54)59-35-18-11-4)30-29-49(28-27-48-39)41(46(55)60-36-19-12-5)23-25-43(52)57-33-16-9-2/h21-22,40-42H,8-20,23-38H2,1-7H3/b22-21-,48-39?/t40?,41-,42-/m0/s1. The number of hydrogen-bond donors (Lipinski definition) is 0. The zero-order chi connectivity index (χ0) is 45.1. The molecule has 0 aromatic carbocycles. The molecule has 0 amide bonds. The summed E-state index contributed by atoms with van der Waals surface area (Å²) in [4.78, 5) is 78.5. The molecule has 0 saturated carbocycles. The second kappa shape index (κ2) is 36.2. The Kier molecular flexibility index (Phi) is 33.0. The second-order valence-corrected chi connectivity index (χ2v) is 15.9. The molecule has 3 atom stereocenters. The summed E-state index contributed by atoms with van der Waals surface area (Å²) < 4.78 is 28.4. The van der Waals surface area contributed by atoms with Crippen LogP contribution in [0.15, 0.2) is 17.1 Å². The molecular formula is C47H84N4O10. The summed E-state index contributed by atoms with van der Waals surface area (Å²) in [5, 5.41) is 0. The largest absolute Gasteiger partial charge is 0.466 e. The fraction of sp³-hybridized carbons (Fsp3) is 0.830. The van der Waals surface area contributed by atoms with Crippen molar-refractivity contribution in [3.8, 4) is 0 Å². The molecule has 0 fully saturated rings. The van der Waals surface area contributed by atoms with E-state index >= 15 is 0 Å². The van der Waals surface area contributed by atoms with Crippen molar-refractivity contribution in [3.63, 3.8) is 0 Å².